The largest absolute Gasteiger partial charge is 0.461 e. The number of carbonyl (C=O) groups is 4. The number of fused-ring (bicyclic) bond motifs is 1. The first-order valence-electron chi connectivity index (χ1n) is 16.4. The summed E-state index contributed by atoms with van der Waals surface area (Å²) in [5.74, 6) is -0.595. The number of ketones is 1. The molecule has 45 heavy (non-hydrogen) atoms. The Morgan fingerprint density at radius 1 is 1.09 bits per heavy atom. The number of aromatic nitrogens is 2. The number of hydrogen-bond acceptors (Lipinski definition) is 8. The minimum atomic E-state index is -0.723. The number of benzene rings is 1. The molecule has 244 valence electrons. The normalized spacial score (nSPS) is 21.6. The highest BCUT2D eigenvalue weighted by Gasteiger charge is 2.38. The van der Waals surface area contributed by atoms with E-state index in [0.717, 1.165) is 48.3 Å². The van der Waals surface area contributed by atoms with Gasteiger partial charge in [-0.15, -0.1) is 0 Å². The lowest BCUT2D eigenvalue weighted by molar-refractivity contribution is -0.155. The number of carbonyl (C=O) groups excluding carboxylic acids is 4. The van der Waals surface area contributed by atoms with Crippen molar-refractivity contribution >= 4 is 29.3 Å². The third-order valence-corrected chi connectivity index (χ3v) is 9.23. The van der Waals surface area contributed by atoms with Gasteiger partial charge in [-0.3, -0.25) is 14.4 Å². The third kappa shape index (κ3) is 7.74. The number of anilines is 1. The number of rotatable bonds is 12. The van der Waals surface area contributed by atoms with Crippen LogP contribution >= 0.6 is 0 Å². The van der Waals surface area contributed by atoms with Crippen LogP contribution in [-0.2, 0) is 27.2 Å². The third-order valence-electron chi connectivity index (χ3n) is 9.23. The molecule has 1 aromatic heterocycles. The van der Waals surface area contributed by atoms with Crippen LogP contribution in [0.5, 0.6) is 0 Å². The SMILES string of the molecule is CC(C)[C@H](NC(=O)CCN)C(=O)OC1CCC(Nc2cc(-n3nc(CC4CC4)c4c3CC(C)(C)CC4=O)ccc2C(N)=O)CC1. The summed E-state index contributed by atoms with van der Waals surface area (Å²) in [6.07, 6.45) is 7.04. The molecule has 6 N–H and O–H groups in total. The van der Waals surface area contributed by atoms with E-state index in [1.54, 1.807) is 6.07 Å². The van der Waals surface area contributed by atoms with Gasteiger partial charge in [0.1, 0.15) is 12.1 Å². The molecule has 1 aromatic carbocycles. The Bertz CT molecular complexity index is 1450. The van der Waals surface area contributed by atoms with Crippen LogP contribution in [0.1, 0.15) is 111 Å². The van der Waals surface area contributed by atoms with Crippen molar-refractivity contribution in [1.82, 2.24) is 15.1 Å². The van der Waals surface area contributed by atoms with Gasteiger partial charge in [0.25, 0.3) is 5.91 Å². The highest BCUT2D eigenvalue weighted by molar-refractivity contribution is 6.00. The van der Waals surface area contributed by atoms with E-state index in [9.17, 15) is 19.2 Å². The van der Waals surface area contributed by atoms with Crippen molar-refractivity contribution in [2.45, 2.75) is 110 Å². The fraction of sp³-hybridized carbons (Fsp3) is 0.618. The number of nitrogens with two attached hydrogens (primary N) is 2. The number of Topliss-reactive ketones (excluding diaryl/α,β-unsaturated/α-hetero) is 1. The number of nitrogens with one attached hydrogen (secondary N) is 2. The van der Waals surface area contributed by atoms with Gasteiger partial charge in [0.15, 0.2) is 5.78 Å². The monoisotopic (exact) mass is 620 g/mol. The summed E-state index contributed by atoms with van der Waals surface area (Å²) in [6, 6.07) is 4.79. The van der Waals surface area contributed by atoms with E-state index in [1.807, 2.05) is 30.7 Å². The lowest BCUT2D eigenvalue weighted by Gasteiger charge is -2.31. The van der Waals surface area contributed by atoms with Crippen molar-refractivity contribution in [2.24, 2.45) is 28.7 Å². The Balaban J connectivity index is 1.30. The fourth-order valence-electron chi connectivity index (χ4n) is 6.63. The molecule has 2 aromatic rings. The Hall–Kier alpha value is -3.73. The molecule has 0 radical (unpaired) electrons. The summed E-state index contributed by atoms with van der Waals surface area (Å²) in [5.41, 5.74) is 15.5. The molecular weight excluding hydrogens is 572 g/mol. The molecule has 3 aliphatic rings. The van der Waals surface area contributed by atoms with Gasteiger partial charge in [0.2, 0.25) is 5.91 Å². The summed E-state index contributed by atoms with van der Waals surface area (Å²) < 4.78 is 7.72. The molecule has 2 saturated carbocycles. The standard InChI is InChI=1S/C34H48N6O5/c1-19(2)31(38-29(42)13-14-35)33(44)45-23-10-7-21(8-11-23)37-25-16-22(9-12-24(25)32(36)43)40-27-17-34(3,4)18-28(41)30(27)26(39-40)15-20-5-6-20/h9,12,16,19-21,23,31,37H,5-8,10-11,13-15,17-18,35H2,1-4H3,(H2,36,43)(H,38,42)/t21?,23?,31-/m0/s1. The molecule has 1 atom stereocenters. The molecule has 5 rings (SSSR count). The molecule has 0 bridgehead atoms. The van der Waals surface area contributed by atoms with E-state index in [-0.39, 0.29) is 48.1 Å². The highest BCUT2D eigenvalue weighted by atomic mass is 16.5. The predicted molar refractivity (Wildman–Crippen MR) is 171 cm³/mol. The average Bonchev–Trinajstić information content (AvgIpc) is 3.71. The molecule has 0 aliphatic heterocycles. The Morgan fingerprint density at radius 3 is 2.42 bits per heavy atom. The maximum Gasteiger partial charge on any atom is 0.329 e. The van der Waals surface area contributed by atoms with Crippen LogP contribution in [0.4, 0.5) is 5.69 Å². The van der Waals surface area contributed by atoms with Crippen molar-refractivity contribution in [3.8, 4) is 5.69 Å². The molecular formula is C34H48N6O5. The zero-order valence-corrected chi connectivity index (χ0v) is 27.0. The van der Waals surface area contributed by atoms with E-state index in [0.29, 0.717) is 36.4 Å². The second-order valence-corrected chi connectivity index (χ2v) is 14.2. The van der Waals surface area contributed by atoms with Crippen LogP contribution in [0, 0.1) is 17.3 Å². The maximum absolute atomic E-state index is 13.3. The lowest BCUT2D eigenvalue weighted by atomic mass is 9.75. The zero-order chi connectivity index (χ0) is 32.5. The Morgan fingerprint density at radius 2 is 1.80 bits per heavy atom. The van der Waals surface area contributed by atoms with Crippen molar-refractivity contribution < 1.29 is 23.9 Å². The van der Waals surface area contributed by atoms with Crippen molar-refractivity contribution in [2.75, 3.05) is 11.9 Å². The smallest absolute Gasteiger partial charge is 0.329 e. The van der Waals surface area contributed by atoms with Gasteiger partial charge in [-0.1, -0.05) is 27.7 Å². The Labute approximate surface area is 265 Å². The summed E-state index contributed by atoms with van der Waals surface area (Å²) >= 11 is 0. The number of amides is 2. The van der Waals surface area contributed by atoms with Crippen LogP contribution in [0.2, 0.25) is 0 Å². The molecule has 1 heterocycles. The van der Waals surface area contributed by atoms with E-state index >= 15 is 0 Å². The van der Waals surface area contributed by atoms with Crippen molar-refractivity contribution in [1.29, 1.82) is 0 Å². The first kappa shape index (κ1) is 32.7. The average molecular weight is 621 g/mol. The number of esters is 1. The second kappa shape index (κ2) is 13.3. The van der Waals surface area contributed by atoms with Gasteiger partial charge in [-0.05, 0) is 86.8 Å². The molecule has 11 nitrogen and oxygen atoms in total. The lowest BCUT2D eigenvalue weighted by Crippen LogP contribution is -2.47. The molecule has 2 amide bonds. The van der Waals surface area contributed by atoms with Gasteiger partial charge in [0.05, 0.1) is 28.2 Å². The van der Waals surface area contributed by atoms with Crippen LogP contribution in [-0.4, -0.2) is 58.1 Å². The summed E-state index contributed by atoms with van der Waals surface area (Å²) in [7, 11) is 0. The number of nitrogens with zero attached hydrogens (tertiary/aromatic N) is 2. The number of ether oxygens (including phenoxy) is 1. The van der Waals surface area contributed by atoms with E-state index in [4.69, 9.17) is 21.3 Å². The number of hydrogen-bond donors (Lipinski definition) is 4. The van der Waals surface area contributed by atoms with E-state index in [1.165, 1.54) is 12.8 Å². The van der Waals surface area contributed by atoms with E-state index < -0.39 is 17.9 Å². The molecule has 0 saturated heterocycles. The van der Waals surface area contributed by atoms with Crippen LogP contribution in [0.15, 0.2) is 18.2 Å². The minimum Gasteiger partial charge on any atom is -0.461 e. The van der Waals surface area contributed by atoms with Crippen molar-refractivity contribution in [3.63, 3.8) is 0 Å². The first-order chi connectivity index (χ1) is 21.3. The molecule has 2 fully saturated rings. The molecule has 3 aliphatic carbocycles. The highest BCUT2D eigenvalue weighted by Crippen LogP contribution is 2.40. The number of primary amides is 1. The first-order valence-corrected chi connectivity index (χ1v) is 16.4. The summed E-state index contributed by atoms with van der Waals surface area (Å²) in [6.45, 7) is 8.18. The van der Waals surface area contributed by atoms with Gasteiger partial charge >= 0.3 is 5.97 Å². The predicted octanol–water partition coefficient (Wildman–Crippen LogP) is 3.83. The van der Waals surface area contributed by atoms with Gasteiger partial charge in [-0.25, -0.2) is 9.48 Å². The van der Waals surface area contributed by atoms with E-state index in [2.05, 4.69) is 24.5 Å². The minimum absolute atomic E-state index is 0.0379. The summed E-state index contributed by atoms with van der Waals surface area (Å²) in [4.78, 5) is 50.7. The molecule has 0 unspecified atom stereocenters. The van der Waals surface area contributed by atoms with Gasteiger partial charge in [-0.2, -0.15) is 5.10 Å². The topological polar surface area (TPSA) is 171 Å². The quantitative estimate of drug-likeness (QED) is 0.259. The van der Waals surface area contributed by atoms with Crippen LogP contribution < -0.4 is 22.1 Å². The maximum atomic E-state index is 13.3. The Kier molecular flexibility index (Phi) is 9.67. The van der Waals surface area contributed by atoms with Crippen molar-refractivity contribution in [3.05, 3.63) is 40.7 Å². The second-order valence-electron chi connectivity index (χ2n) is 14.2. The van der Waals surface area contributed by atoms with Gasteiger partial charge < -0.3 is 26.8 Å². The van der Waals surface area contributed by atoms with Gasteiger partial charge in [0, 0.05) is 31.1 Å². The zero-order valence-electron chi connectivity index (χ0n) is 27.0. The van der Waals surface area contributed by atoms with Crippen LogP contribution in [0.25, 0.3) is 5.69 Å². The molecule has 0 spiro atoms. The molecule has 11 heteroatoms. The fourth-order valence-corrected chi connectivity index (χ4v) is 6.63. The van der Waals surface area contributed by atoms with Crippen LogP contribution in [0.3, 0.4) is 0 Å². The summed E-state index contributed by atoms with van der Waals surface area (Å²) in [5, 5.41) is 11.3.